The minimum absolute atomic E-state index is 0.0258. The molecule has 4 nitrogen and oxygen atoms in total. The van der Waals surface area contributed by atoms with Crippen molar-refractivity contribution in [2.45, 2.75) is 6.36 Å². The summed E-state index contributed by atoms with van der Waals surface area (Å²) in [5, 5.41) is 0. The van der Waals surface area contributed by atoms with Crippen LogP contribution in [0.1, 0.15) is 10.4 Å². The van der Waals surface area contributed by atoms with Gasteiger partial charge in [0.15, 0.2) is 0 Å². The number of carbonyl (C=O) groups excluding carboxylic acids is 1. The number of rotatable bonds is 2. The van der Waals surface area contributed by atoms with E-state index >= 15 is 0 Å². The van der Waals surface area contributed by atoms with Gasteiger partial charge in [-0.05, 0) is 12.1 Å². The second-order valence-corrected chi connectivity index (χ2v) is 2.83. The highest BCUT2D eigenvalue weighted by atomic mass is 19.4. The van der Waals surface area contributed by atoms with Crippen LogP contribution >= 0.6 is 0 Å². The lowest BCUT2D eigenvalue weighted by Gasteiger charge is -2.10. The number of halogens is 3. The SMILES string of the molecule is COC(=O)c1cc(N)cc(OC(F)(F)F)c1. The first-order valence-electron chi connectivity index (χ1n) is 4.06. The van der Waals surface area contributed by atoms with Crippen LogP contribution in [0.3, 0.4) is 0 Å². The maximum Gasteiger partial charge on any atom is 0.573 e. The third kappa shape index (κ3) is 3.34. The molecule has 0 amide bonds. The zero-order valence-electron chi connectivity index (χ0n) is 8.17. The number of alkyl halides is 3. The van der Waals surface area contributed by atoms with E-state index in [9.17, 15) is 18.0 Å². The number of esters is 1. The third-order valence-electron chi connectivity index (χ3n) is 1.58. The van der Waals surface area contributed by atoms with Crippen molar-refractivity contribution in [3.63, 3.8) is 0 Å². The topological polar surface area (TPSA) is 61.5 Å². The van der Waals surface area contributed by atoms with Crippen molar-refractivity contribution in [1.29, 1.82) is 0 Å². The second kappa shape index (κ2) is 4.30. The summed E-state index contributed by atoms with van der Waals surface area (Å²) in [7, 11) is 1.11. The molecule has 1 aromatic carbocycles. The van der Waals surface area contributed by atoms with E-state index in [2.05, 4.69) is 9.47 Å². The summed E-state index contributed by atoms with van der Waals surface area (Å²) in [4.78, 5) is 11.1. The number of hydrogen-bond acceptors (Lipinski definition) is 4. The van der Waals surface area contributed by atoms with E-state index in [-0.39, 0.29) is 11.3 Å². The summed E-state index contributed by atoms with van der Waals surface area (Å²) < 4.78 is 43.7. The van der Waals surface area contributed by atoms with Gasteiger partial charge in [0.1, 0.15) is 5.75 Å². The monoisotopic (exact) mass is 235 g/mol. The van der Waals surface area contributed by atoms with Gasteiger partial charge in [-0.15, -0.1) is 13.2 Å². The molecule has 0 aliphatic heterocycles. The molecule has 7 heteroatoms. The highest BCUT2D eigenvalue weighted by Gasteiger charge is 2.31. The molecule has 1 rings (SSSR count). The maximum atomic E-state index is 11.9. The van der Waals surface area contributed by atoms with Gasteiger partial charge < -0.3 is 15.2 Å². The van der Waals surface area contributed by atoms with Crippen LogP contribution in [-0.2, 0) is 4.74 Å². The van der Waals surface area contributed by atoms with E-state index in [1.165, 1.54) is 6.07 Å². The number of hydrogen-bond donors (Lipinski definition) is 1. The van der Waals surface area contributed by atoms with E-state index in [4.69, 9.17) is 5.73 Å². The van der Waals surface area contributed by atoms with E-state index in [1.807, 2.05) is 0 Å². The highest BCUT2D eigenvalue weighted by Crippen LogP contribution is 2.26. The quantitative estimate of drug-likeness (QED) is 0.628. The van der Waals surface area contributed by atoms with Crippen LogP contribution in [0.4, 0.5) is 18.9 Å². The number of carbonyl (C=O) groups is 1. The largest absolute Gasteiger partial charge is 0.573 e. The van der Waals surface area contributed by atoms with Crippen molar-refractivity contribution in [1.82, 2.24) is 0 Å². The average molecular weight is 235 g/mol. The Morgan fingerprint density at radius 1 is 1.31 bits per heavy atom. The molecule has 0 bridgehead atoms. The zero-order chi connectivity index (χ0) is 12.3. The van der Waals surface area contributed by atoms with E-state index in [0.29, 0.717) is 0 Å². The maximum absolute atomic E-state index is 11.9. The van der Waals surface area contributed by atoms with Gasteiger partial charge in [0.2, 0.25) is 0 Å². The lowest BCUT2D eigenvalue weighted by atomic mass is 10.2. The van der Waals surface area contributed by atoms with Gasteiger partial charge in [-0.2, -0.15) is 0 Å². The molecule has 1 aromatic rings. The molecule has 0 radical (unpaired) electrons. The van der Waals surface area contributed by atoms with Crippen molar-refractivity contribution < 1.29 is 27.4 Å². The van der Waals surface area contributed by atoms with Crippen LogP contribution in [-0.4, -0.2) is 19.4 Å². The number of ether oxygens (including phenoxy) is 2. The normalized spacial score (nSPS) is 11.0. The third-order valence-corrected chi connectivity index (χ3v) is 1.58. The molecule has 0 fully saturated rings. The van der Waals surface area contributed by atoms with E-state index in [0.717, 1.165) is 19.2 Å². The summed E-state index contributed by atoms with van der Waals surface area (Å²) in [6, 6.07) is 3.05. The fourth-order valence-corrected chi connectivity index (χ4v) is 1.05. The predicted molar refractivity (Wildman–Crippen MR) is 48.9 cm³/mol. The number of nitrogens with two attached hydrogens (primary N) is 1. The number of anilines is 1. The first kappa shape index (κ1) is 12.2. The lowest BCUT2D eigenvalue weighted by Crippen LogP contribution is -2.17. The molecular weight excluding hydrogens is 227 g/mol. The number of nitrogen functional groups attached to an aromatic ring is 1. The predicted octanol–water partition coefficient (Wildman–Crippen LogP) is 1.95. The number of benzene rings is 1. The van der Waals surface area contributed by atoms with Crippen LogP contribution in [0.2, 0.25) is 0 Å². The molecule has 0 saturated carbocycles. The van der Waals surface area contributed by atoms with Gasteiger partial charge in [0, 0.05) is 11.8 Å². The van der Waals surface area contributed by atoms with Crippen molar-refractivity contribution in [2.24, 2.45) is 0 Å². The molecule has 0 saturated heterocycles. The van der Waals surface area contributed by atoms with Crippen LogP contribution in [0.5, 0.6) is 5.75 Å². The fourth-order valence-electron chi connectivity index (χ4n) is 1.05. The van der Waals surface area contributed by atoms with Gasteiger partial charge in [-0.3, -0.25) is 0 Å². The molecule has 2 N–H and O–H groups in total. The molecule has 0 unspecified atom stereocenters. The van der Waals surface area contributed by atoms with Crippen molar-refractivity contribution in [3.8, 4) is 5.75 Å². The van der Waals surface area contributed by atoms with Crippen molar-refractivity contribution >= 4 is 11.7 Å². The van der Waals surface area contributed by atoms with Crippen molar-refractivity contribution in [2.75, 3.05) is 12.8 Å². The Bertz CT molecular complexity index is 403. The average Bonchev–Trinajstić information content (AvgIpc) is 2.12. The van der Waals surface area contributed by atoms with Crippen LogP contribution in [0.25, 0.3) is 0 Å². The molecule has 0 atom stereocenters. The summed E-state index contributed by atoms with van der Waals surface area (Å²) in [6.45, 7) is 0. The summed E-state index contributed by atoms with van der Waals surface area (Å²) >= 11 is 0. The number of methoxy groups -OCH3 is 1. The first-order valence-corrected chi connectivity index (χ1v) is 4.06. The van der Waals surface area contributed by atoms with Gasteiger partial charge in [-0.1, -0.05) is 0 Å². The van der Waals surface area contributed by atoms with Crippen LogP contribution in [0, 0.1) is 0 Å². The molecule has 0 heterocycles. The summed E-state index contributed by atoms with van der Waals surface area (Å²) in [5.74, 6) is -1.35. The minimum Gasteiger partial charge on any atom is -0.465 e. The Morgan fingerprint density at radius 2 is 1.94 bits per heavy atom. The summed E-state index contributed by atoms with van der Waals surface area (Å²) in [5.41, 5.74) is 5.18. The Labute approximate surface area is 88.8 Å². The molecule has 0 aliphatic carbocycles. The Morgan fingerprint density at radius 3 is 2.44 bits per heavy atom. The minimum atomic E-state index is -4.83. The second-order valence-electron chi connectivity index (χ2n) is 2.83. The molecule has 0 aromatic heterocycles. The zero-order valence-corrected chi connectivity index (χ0v) is 8.17. The lowest BCUT2D eigenvalue weighted by molar-refractivity contribution is -0.274. The van der Waals surface area contributed by atoms with Gasteiger partial charge in [0.05, 0.1) is 12.7 Å². The van der Waals surface area contributed by atoms with Crippen molar-refractivity contribution in [3.05, 3.63) is 23.8 Å². The van der Waals surface area contributed by atoms with Crippen LogP contribution in [0.15, 0.2) is 18.2 Å². The molecule has 16 heavy (non-hydrogen) atoms. The molecular formula is C9H8F3NO3. The first-order chi connectivity index (χ1) is 7.31. The van der Waals surface area contributed by atoms with E-state index < -0.39 is 18.1 Å². The van der Waals surface area contributed by atoms with Gasteiger partial charge >= 0.3 is 12.3 Å². The Kier molecular flexibility index (Phi) is 3.26. The van der Waals surface area contributed by atoms with Gasteiger partial charge in [-0.25, -0.2) is 4.79 Å². The summed E-state index contributed by atoms with van der Waals surface area (Å²) in [6.07, 6.45) is -4.83. The Hall–Kier alpha value is -1.92. The highest BCUT2D eigenvalue weighted by molar-refractivity contribution is 5.90. The Balaban J connectivity index is 3.03. The van der Waals surface area contributed by atoms with E-state index in [1.54, 1.807) is 0 Å². The molecule has 0 aliphatic rings. The molecule has 0 spiro atoms. The smallest absolute Gasteiger partial charge is 0.465 e. The van der Waals surface area contributed by atoms with Gasteiger partial charge in [0.25, 0.3) is 0 Å². The fraction of sp³-hybridized carbons (Fsp3) is 0.222. The van der Waals surface area contributed by atoms with Crippen LogP contribution < -0.4 is 10.5 Å². The standard InChI is InChI=1S/C9H8F3NO3/c1-15-8(14)5-2-6(13)4-7(3-5)16-9(10,11)12/h2-4H,13H2,1H3. The molecule has 88 valence electrons.